The first-order valence-corrected chi connectivity index (χ1v) is 5.00. The Kier molecular flexibility index (Phi) is 1.30. The van der Waals surface area contributed by atoms with Crippen LogP contribution < -0.4 is 0 Å². The zero-order valence-corrected chi connectivity index (χ0v) is 7.41. The summed E-state index contributed by atoms with van der Waals surface area (Å²) in [6.07, 6.45) is 4.09. The van der Waals surface area contributed by atoms with E-state index in [0.29, 0.717) is 0 Å². The highest BCUT2D eigenvalue weighted by molar-refractivity contribution is 6.20. The van der Waals surface area contributed by atoms with Gasteiger partial charge in [-0.1, -0.05) is 19.3 Å². The lowest BCUT2D eigenvalue weighted by Crippen LogP contribution is -2.39. The van der Waals surface area contributed by atoms with Gasteiger partial charge in [-0.05, 0) is 12.8 Å². The van der Waals surface area contributed by atoms with E-state index < -0.39 is 5.41 Å². The lowest BCUT2D eigenvalue weighted by molar-refractivity contribution is -0.143. The molecule has 0 aromatic rings. The second kappa shape index (κ2) is 2.21. The highest BCUT2D eigenvalue weighted by atomic mass is 16.6. The fourth-order valence-corrected chi connectivity index (χ4v) is 2.83. The van der Waals surface area contributed by atoms with Crippen molar-refractivity contribution in [2.45, 2.75) is 44.3 Å². The Morgan fingerprint density at radius 3 is 2.08 bits per heavy atom. The summed E-state index contributed by atoms with van der Waals surface area (Å²) in [6.45, 7) is 0. The van der Waals surface area contributed by atoms with Crippen LogP contribution in [0.1, 0.15) is 32.1 Å². The average Bonchev–Trinajstić information content (AvgIpc) is 2.92. The maximum atomic E-state index is 11.8. The molecule has 0 aromatic carbocycles. The van der Waals surface area contributed by atoms with E-state index in [1.54, 1.807) is 0 Å². The summed E-state index contributed by atoms with van der Waals surface area (Å²) in [4.78, 5) is 23.6. The van der Waals surface area contributed by atoms with Gasteiger partial charge < -0.3 is 4.74 Å². The molecule has 13 heavy (non-hydrogen) atoms. The van der Waals surface area contributed by atoms with Gasteiger partial charge in [0.25, 0.3) is 0 Å². The van der Waals surface area contributed by atoms with Crippen molar-refractivity contribution in [3.05, 3.63) is 0 Å². The van der Waals surface area contributed by atoms with Gasteiger partial charge in [-0.15, -0.1) is 0 Å². The average molecular weight is 180 g/mol. The number of carbonyl (C=O) groups is 2. The fourth-order valence-electron chi connectivity index (χ4n) is 2.83. The van der Waals surface area contributed by atoms with Gasteiger partial charge in [0.05, 0.1) is 5.41 Å². The van der Waals surface area contributed by atoms with E-state index in [-0.39, 0.29) is 23.8 Å². The molecule has 1 heterocycles. The van der Waals surface area contributed by atoms with Crippen molar-refractivity contribution in [1.82, 2.24) is 0 Å². The molecule has 2 aliphatic carbocycles. The van der Waals surface area contributed by atoms with Gasteiger partial charge in [-0.2, -0.15) is 0 Å². The van der Waals surface area contributed by atoms with Gasteiger partial charge in [-0.25, -0.2) is 0 Å². The van der Waals surface area contributed by atoms with Crippen LogP contribution in [-0.2, 0) is 14.3 Å². The Labute approximate surface area is 76.4 Å². The molecule has 0 N–H and O–H groups in total. The van der Waals surface area contributed by atoms with Crippen LogP contribution in [0.15, 0.2) is 0 Å². The number of fused-ring (bicyclic) bond motifs is 1. The topological polar surface area (TPSA) is 46.7 Å². The Morgan fingerprint density at radius 2 is 1.54 bits per heavy atom. The molecule has 3 fully saturated rings. The first-order chi connectivity index (χ1) is 6.26. The molecule has 0 amide bonds. The quantitative estimate of drug-likeness (QED) is 0.410. The summed E-state index contributed by atoms with van der Waals surface area (Å²) >= 11 is 0. The Morgan fingerprint density at radius 1 is 1.00 bits per heavy atom. The van der Waals surface area contributed by atoms with Crippen molar-refractivity contribution in [1.29, 1.82) is 0 Å². The van der Waals surface area contributed by atoms with E-state index in [1.807, 2.05) is 0 Å². The van der Waals surface area contributed by atoms with Gasteiger partial charge in [0.2, 0.25) is 0 Å². The molecule has 2 unspecified atom stereocenters. The zero-order chi connectivity index (χ0) is 9.05. The van der Waals surface area contributed by atoms with Crippen LogP contribution in [0.5, 0.6) is 0 Å². The van der Waals surface area contributed by atoms with Crippen LogP contribution in [0.2, 0.25) is 0 Å². The van der Waals surface area contributed by atoms with Crippen LogP contribution in [0.25, 0.3) is 0 Å². The van der Waals surface area contributed by atoms with Crippen molar-refractivity contribution >= 4 is 11.6 Å². The van der Waals surface area contributed by atoms with E-state index in [9.17, 15) is 9.59 Å². The SMILES string of the molecule is O=C1C2OC2C(=O)C12CCCCC2. The third-order valence-electron chi connectivity index (χ3n) is 3.66. The summed E-state index contributed by atoms with van der Waals surface area (Å²) in [5, 5.41) is 0. The van der Waals surface area contributed by atoms with Gasteiger partial charge in [0.15, 0.2) is 23.8 Å². The third kappa shape index (κ3) is 0.784. The smallest absolute Gasteiger partial charge is 0.178 e. The minimum atomic E-state index is -0.591. The summed E-state index contributed by atoms with van der Waals surface area (Å²) < 4.78 is 5.01. The largest absolute Gasteiger partial charge is 0.353 e. The molecule has 1 saturated heterocycles. The van der Waals surface area contributed by atoms with Crippen LogP contribution in [0.4, 0.5) is 0 Å². The number of hydrogen-bond acceptors (Lipinski definition) is 3. The van der Waals surface area contributed by atoms with Crippen LogP contribution in [0, 0.1) is 5.41 Å². The Balaban J connectivity index is 1.96. The second-order valence-corrected chi connectivity index (χ2v) is 4.35. The van der Waals surface area contributed by atoms with E-state index in [2.05, 4.69) is 0 Å². The summed E-state index contributed by atoms with van der Waals surface area (Å²) in [5.74, 6) is 0.171. The van der Waals surface area contributed by atoms with E-state index >= 15 is 0 Å². The van der Waals surface area contributed by atoms with Crippen molar-refractivity contribution < 1.29 is 14.3 Å². The molecule has 0 aromatic heterocycles. The number of carbonyl (C=O) groups excluding carboxylic acids is 2. The summed E-state index contributed by atoms with van der Waals surface area (Å²) in [5.41, 5.74) is -0.591. The number of epoxide rings is 1. The van der Waals surface area contributed by atoms with Crippen molar-refractivity contribution in [3.8, 4) is 0 Å². The van der Waals surface area contributed by atoms with Gasteiger partial charge in [0.1, 0.15) is 0 Å². The highest BCUT2D eigenvalue weighted by Crippen LogP contribution is 2.51. The molecule has 1 spiro atoms. The molecule has 0 bridgehead atoms. The highest BCUT2D eigenvalue weighted by Gasteiger charge is 2.69. The molecular formula is C10H12O3. The number of ketones is 2. The number of rotatable bonds is 0. The molecule has 0 radical (unpaired) electrons. The van der Waals surface area contributed by atoms with Gasteiger partial charge in [-0.3, -0.25) is 9.59 Å². The molecular weight excluding hydrogens is 168 g/mol. The Hall–Kier alpha value is -0.700. The predicted octanol–water partition coefficient (Wildman–Crippen LogP) is 0.856. The number of ether oxygens (including phenoxy) is 1. The van der Waals surface area contributed by atoms with Gasteiger partial charge in [0, 0.05) is 0 Å². The minimum absolute atomic E-state index is 0.0854. The predicted molar refractivity (Wildman–Crippen MR) is 44.2 cm³/mol. The molecule has 3 heteroatoms. The molecule has 2 atom stereocenters. The van der Waals surface area contributed by atoms with Crippen molar-refractivity contribution in [2.24, 2.45) is 5.41 Å². The van der Waals surface area contributed by atoms with Gasteiger partial charge >= 0.3 is 0 Å². The number of Topliss-reactive ketones (excluding diaryl/α,β-unsaturated/α-hetero) is 2. The first-order valence-electron chi connectivity index (χ1n) is 5.00. The summed E-state index contributed by atoms with van der Waals surface area (Å²) in [7, 11) is 0. The minimum Gasteiger partial charge on any atom is -0.353 e. The molecule has 3 rings (SSSR count). The van der Waals surface area contributed by atoms with E-state index in [0.717, 1.165) is 25.7 Å². The lowest BCUT2D eigenvalue weighted by Gasteiger charge is -2.30. The molecule has 1 aliphatic heterocycles. The standard InChI is InChI=1S/C10H12O3/c11-8-6-7(13-6)9(12)10(8)4-2-1-3-5-10/h6-7H,1-5H2. The number of hydrogen-bond donors (Lipinski definition) is 0. The monoisotopic (exact) mass is 180 g/mol. The maximum Gasteiger partial charge on any atom is 0.178 e. The lowest BCUT2D eigenvalue weighted by atomic mass is 9.71. The second-order valence-electron chi connectivity index (χ2n) is 4.35. The van der Waals surface area contributed by atoms with E-state index in [4.69, 9.17) is 4.74 Å². The molecule has 3 aliphatic rings. The summed E-state index contributed by atoms with van der Waals surface area (Å²) in [6, 6.07) is 0. The maximum absolute atomic E-state index is 11.8. The van der Waals surface area contributed by atoms with E-state index in [1.165, 1.54) is 6.42 Å². The van der Waals surface area contributed by atoms with Crippen molar-refractivity contribution in [3.63, 3.8) is 0 Å². The molecule has 70 valence electrons. The zero-order valence-electron chi connectivity index (χ0n) is 7.41. The van der Waals surface area contributed by atoms with Crippen LogP contribution >= 0.6 is 0 Å². The Bertz CT molecular complexity index is 267. The molecule has 2 saturated carbocycles. The first kappa shape index (κ1) is 7.68. The molecule has 3 nitrogen and oxygen atoms in total. The normalized spacial score (nSPS) is 40.9. The fraction of sp³-hybridized carbons (Fsp3) is 0.800. The van der Waals surface area contributed by atoms with Crippen LogP contribution in [0.3, 0.4) is 0 Å². The van der Waals surface area contributed by atoms with Crippen LogP contribution in [-0.4, -0.2) is 23.8 Å². The van der Waals surface area contributed by atoms with Crippen molar-refractivity contribution in [2.75, 3.05) is 0 Å². The third-order valence-corrected chi connectivity index (χ3v) is 3.66.